The second-order valence-corrected chi connectivity index (χ2v) is 7.61. The molecule has 6 heteroatoms. The predicted octanol–water partition coefficient (Wildman–Crippen LogP) is 2.60. The van der Waals surface area contributed by atoms with Crippen molar-refractivity contribution < 1.29 is 43.6 Å². The molecule has 0 unspecified atom stereocenters. The van der Waals surface area contributed by atoms with Crippen LogP contribution in [-0.4, -0.2) is 52.5 Å². The van der Waals surface area contributed by atoms with Crippen LogP contribution in [0.5, 0.6) is 0 Å². The average molecular weight is 368 g/mol. The molecule has 0 saturated heterocycles. The Morgan fingerprint density at radius 2 is 0.864 bits per heavy atom. The summed E-state index contributed by atoms with van der Waals surface area (Å²) in [6.45, 7) is 19.5. The van der Waals surface area contributed by atoms with Crippen LogP contribution >= 0.6 is 0 Å². The maximum absolute atomic E-state index is 6.66. The molecule has 3 radical (unpaired) electrons. The Labute approximate surface area is 164 Å². The summed E-state index contributed by atoms with van der Waals surface area (Å²) in [5.74, 6) is 2.33. The first kappa shape index (κ1) is 31.1. The van der Waals surface area contributed by atoms with E-state index in [0.29, 0.717) is 36.9 Å². The Bertz CT molecular complexity index is 162. The van der Waals surface area contributed by atoms with Gasteiger partial charge in [0.15, 0.2) is 0 Å². The van der Waals surface area contributed by atoms with Gasteiger partial charge in [-0.2, -0.15) is 0 Å². The molecule has 4 nitrogen and oxygen atoms in total. The van der Waals surface area contributed by atoms with E-state index < -0.39 is 0 Å². The van der Waals surface area contributed by atoms with Crippen molar-refractivity contribution in [3.05, 3.63) is 0 Å². The van der Waals surface area contributed by atoms with Gasteiger partial charge in [0.05, 0.1) is 0 Å². The molecule has 0 aliphatic heterocycles. The molecule has 0 amide bonds. The van der Waals surface area contributed by atoms with Crippen LogP contribution in [0.25, 0.3) is 0 Å². The summed E-state index contributed by atoms with van der Waals surface area (Å²) in [5, 5.41) is 13.3. The van der Waals surface area contributed by atoms with Crippen LogP contribution in [0.1, 0.15) is 55.4 Å². The number of hydrogen-bond acceptors (Lipinski definition) is 2. The van der Waals surface area contributed by atoms with Gasteiger partial charge in [-0.05, 0) is 25.0 Å². The zero-order valence-corrected chi connectivity index (χ0v) is 19.1. The third-order valence-corrected chi connectivity index (χ3v) is 2.47. The maximum Gasteiger partial charge on any atom is 0.145 e. The van der Waals surface area contributed by atoms with Crippen molar-refractivity contribution in [2.75, 3.05) is 26.4 Å². The van der Waals surface area contributed by atoms with Gasteiger partial charge < -0.3 is 17.8 Å². The minimum absolute atomic E-state index is 0. The topological polar surface area (TPSA) is 64.3 Å². The van der Waals surface area contributed by atoms with Gasteiger partial charge in [-0.3, -0.25) is 0 Å². The molecule has 0 atom stereocenters. The molecule has 0 saturated carbocycles. The Morgan fingerprint density at radius 3 is 1.00 bits per heavy atom. The van der Waals surface area contributed by atoms with Crippen molar-refractivity contribution in [3.63, 3.8) is 0 Å². The quantitative estimate of drug-likeness (QED) is 0.376. The van der Waals surface area contributed by atoms with Crippen molar-refractivity contribution in [2.45, 2.75) is 55.4 Å². The third kappa shape index (κ3) is 49.6. The summed E-state index contributed by atoms with van der Waals surface area (Å²) in [7, 11) is 0. The Balaban J connectivity index is -0.000000124. The maximum atomic E-state index is 6.66. The van der Waals surface area contributed by atoms with Crippen LogP contribution < -0.4 is 0 Å². The van der Waals surface area contributed by atoms with Crippen molar-refractivity contribution in [1.82, 2.24) is 0 Å². The average Bonchev–Trinajstić information content (AvgIpc) is 2.38. The van der Waals surface area contributed by atoms with E-state index in [-0.39, 0.29) is 41.7 Å². The van der Waals surface area contributed by atoms with E-state index in [4.69, 9.17) is 17.8 Å². The first-order chi connectivity index (χ1) is 9.67. The van der Waals surface area contributed by atoms with E-state index >= 15 is 0 Å². The van der Waals surface area contributed by atoms with Crippen molar-refractivity contribution >= 4 is 15.9 Å². The Kier molecular flexibility index (Phi) is 34.6. The van der Waals surface area contributed by atoms with E-state index in [1.807, 2.05) is 27.7 Å². The monoisotopic (exact) mass is 368 g/mol. The minimum Gasteiger partial charge on any atom is -0.679 e. The molecule has 0 bridgehead atoms. The summed E-state index contributed by atoms with van der Waals surface area (Å²) in [6, 6.07) is 0. The molecule has 0 spiro atoms. The van der Waals surface area contributed by atoms with E-state index in [1.54, 1.807) is 0 Å². The summed E-state index contributed by atoms with van der Waals surface area (Å²) in [4.78, 5) is 0. The molecule has 0 rings (SSSR count). The minimum atomic E-state index is -0.228. The first-order valence-corrected chi connectivity index (χ1v) is 8.95. The Morgan fingerprint density at radius 1 is 0.636 bits per heavy atom. The van der Waals surface area contributed by atoms with Crippen molar-refractivity contribution in [2.24, 2.45) is 23.7 Å². The second-order valence-electron chi connectivity index (χ2n) is 6.75. The zero-order chi connectivity index (χ0) is 17.3. The van der Waals surface area contributed by atoms with Crippen LogP contribution in [0.15, 0.2) is 0 Å². The zero-order valence-electron chi connectivity index (χ0n) is 16.1. The van der Waals surface area contributed by atoms with Gasteiger partial charge in [-0.1, -0.05) is 55.4 Å². The van der Waals surface area contributed by atoms with Crippen LogP contribution in [0, 0.1) is 23.7 Å². The predicted molar refractivity (Wildman–Crippen MR) is 94.0 cm³/mol. The largest absolute Gasteiger partial charge is 0.679 e. The fourth-order valence-corrected chi connectivity index (χ4v) is 1.53. The van der Waals surface area contributed by atoms with Gasteiger partial charge in [0, 0.05) is 37.7 Å². The second kappa shape index (κ2) is 24.5. The SMILES string of the molecule is CC(C)C[OH2+].CC(C)C[OH2+].CC(C)C[O][Al-][O]CC(C)C.[Sc]. The molecule has 0 aliphatic carbocycles. The molecule has 0 aliphatic rings. The van der Waals surface area contributed by atoms with Gasteiger partial charge in [-0.15, -0.1) is 0 Å². The van der Waals surface area contributed by atoms with Gasteiger partial charge in [0.2, 0.25) is 0 Å². The first-order valence-electron chi connectivity index (χ1n) is 8.01. The van der Waals surface area contributed by atoms with Gasteiger partial charge in [-0.25, -0.2) is 0 Å². The van der Waals surface area contributed by atoms with Gasteiger partial charge >= 0.3 is 0 Å². The molecular formula is C16H40AlO4Sc+. The summed E-state index contributed by atoms with van der Waals surface area (Å²) in [5.41, 5.74) is 0. The van der Waals surface area contributed by atoms with Crippen molar-refractivity contribution in [1.29, 1.82) is 0 Å². The summed E-state index contributed by atoms with van der Waals surface area (Å²) < 4.78 is 10.6. The standard InChI is InChI=1S/2C4H10O.2C4H9O.Al.Sc/c4*1-4(2)3-5;;/h2*4-5H,3H2,1-2H3;2*4H,3H2,1-2H3;;/q;;2*-1;+1;/p+2. The van der Waals surface area contributed by atoms with E-state index in [1.165, 1.54) is 0 Å². The molecule has 0 heterocycles. The third-order valence-electron chi connectivity index (χ3n) is 1.81. The smallest absolute Gasteiger partial charge is 0.145 e. The molecule has 0 aromatic rings. The number of hydrogen-bond donors (Lipinski definition) is 0. The van der Waals surface area contributed by atoms with E-state index in [0.717, 1.165) is 13.2 Å². The van der Waals surface area contributed by atoms with Gasteiger partial charge in [0.25, 0.3) is 0 Å². The fraction of sp³-hybridized carbons (Fsp3) is 1.00. The normalized spacial score (nSPS) is 10.1. The Hall–Kier alpha value is 1.24. The molecule has 0 fully saturated rings. The summed E-state index contributed by atoms with van der Waals surface area (Å²) >= 11 is -0.228. The molecule has 133 valence electrons. The van der Waals surface area contributed by atoms with E-state index in [2.05, 4.69) is 27.7 Å². The molecular weight excluding hydrogens is 328 g/mol. The van der Waals surface area contributed by atoms with Crippen LogP contribution in [0.4, 0.5) is 0 Å². The van der Waals surface area contributed by atoms with Crippen LogP contribution in [0.3, 0.4) is 0 Å². The molecule has 0 aromatic carbocycles. The molecule has 0 aromatic heterocycles. The van der Waals surface area contributed by atoms with E-state index in [9.17, 15) is 0 Å². The molecule has 4 N–H and O–H groups in total. The molecule has 22 heavy (non-hydrogen) atoms. The van der Waals surface area contributed by atoms with Crippen LogP contribution in [0.2, 0.25) is 0 Å². The number of rotatable bonds is 8. The fourth-order valence-electron chi connectivity index (χ4n) is 0.512. The summed E-state index contributed by atoms with van der Waals surface area (Å²) in [6.07, 6.45) is 0. The van der Waals surface area contributed by atoms with Crippen LogP contribution in [-0.2, 0) is 33.4 Å². The van der Waals surface area contributed by atoms with Crippen molar-refractivity contribution in [3.8, 4) is 0 Å². The van der Waals surface area contributed by atoms with Gasteiger partial charge in [0.1, 0.15) is 29.1 Å².